The number of halogens is 1. The van der Waals surface area contributed by atoms with Crippen molar-refractivity contribution in [3.8, 4) is 5.88 Å². The van der Waals surface area contributed by atoms with Crippen LogP contribution in [-0.2, 0) is 4.79 Å². The van der Waals surface area contributed by atoms with Crippen LogP contribution in [0.1, 0.15) is 13.8 Å². The van der Waals surface area contributed by atoms with Crippen molar-refractivity contribution < 1.29 is 14.6 Å². The highest BCUT2D eigenvalue weighted by Gasteiger charge is 2.29. The minimum atomic E-state index is -1.34. The van der Waals surface area contributed by atoms with Gasteiger partial charge in [-0.05, 0) is 13.8 Å². The van der Waals surface area contributed by atoms with E-state index in [-0.39, 0.29) is 11.0 Å². The lowest BCUT2D eigenvalue weighted by Gasteiger charge is -2.20. The van der Waals surface area contributed by atoms with Gasteiger partial charge < -0.3 is 9.84 Å². The molecule has 6 heteroatoms. The molecule has 0 atom stereocenters. The Morgan fingerprint density at radius 3 is 2.71 bits per heavy atom. The molecule has 0 aliphatic carbocycles. The standard InChI is InChI=1S/C8H9ClN2O3/c1-8(2,7(12)13)14-6-3-5(9)10-4-11-6/h3-4H,1-2H3,(H,12,13). The first kappa shape index (κ1) is 10.7. The Morgan fingerprint density at radius 2 is 2.21 bits per heavy atom. The molecule has 0 spiro atoms. The molecule has 0 bridgehead atoms. The van der Waals surface area contributed by atoms with Gasteiger partial charge in [0.05, 0.1) is 0 Å². The normalized spacial score (nSPS) is 11.1. The summed E-state index contributed by atoms with van der Waals surface area (Å²) in [4.78, 5) is 18.1. The molecule has 0 saturated heterocycles. The Balaban J connectivity index is 2.83. The molecule has 0 saturated carbocycles. The van der Waals surface area contributed by atoms with Gasteiger partial charge in [0.1, 0.15) is 11.5 Å². The van der Waals surface area contributed by atoms with E-state index in [1.165, 1.54) is 26.2 Å². The minimum absolute atomic E-state index is 0.136. The lowest BCUT2D eigenvalue weighted by Crippen LogP contribution is -2.38. The number of rotatable bonds is 3. The number of aromatic nitrogens is 2. The molecule has 0 aliphatic rings. The monoisotopic (exact) mass is 216 g/mol. The van der Waals surface area contributed by atoms with Crippen LogP contribution in [0.25, 0.3) is 0 Å². The van der Waals surface area contributed by atoms with Crippen LogP contribution in [0.3, 0.4) is 0 Å². The number of carboxylic acid groups (broad SMARTS) is 1. The zero-order valence-electron chi connectivity index (χ0n) is 7.69. The maximum absolute atomic E-state index is 10.7. The first-order chi connectivity index (χ1) is 6.42. The van der Waals surface area contributed by atoms with Crippen LogP contribution in [0, 0.1) is 0 Å². The Labute approximate surface area is 85.7 Å². The molecule has 0 unspecified atom stereocenters. The summed E-state index contributed by atoms with van der Waals surface area (Å²) in [6, 6.07) is 1.35. The van der Waals surface area contributed by atoms with Gasteiger partial charge in [0.25, 0.3) is 0 Å². The van der Waals surface area contributed by atoms with Gasteiger partial charge in [-0.3, -0.25) is 0 Å². The summed E-state index contributed by atoms with van der Waals surface area (Å²) in [6.07, 6.45) is 1.20. The number of aliphatic carboxylic acids is 1. The Bertz CT molecular complexity index is 354. The SMILES string of the molecule is CC(C)(Oc1cc(Cl)ncn1)C(=O)O. The average molecular weight is 217 g/mol. The van der Waals surface area contributed by atoms with Crippen LogP contribution in [0.2, 0.25) is 5.15 Å². The number of carboxylic acids is 1. The van der Waals surface area contributed by atoms with Gasteiger partial charge in [0, 0.05) is 6.07 Å². The largest absolute Gasteiger partial charge is 0.478 e. The van der Waals surface area contributed by atoms with Crippen LogP contribution in [0.15, 0.2) is 12.4 Å². The Hall–Kier alpha value is -1.36. The maximum Gasteiger partial charge on any atom is 0.347 e. The zero-order chi connectivity index (χ0) is 10.8. The predicted molar refractivity (Wildman–Crippen MR) is 49.4 cm³/mol. The summed E-state index contributed by atoms with van der Waals surface area (Å²) in [6.45, 7) is 2.84. The number of ether oxygens (including phenoxy) is 1. The highest BCUT2D eigenvalue weighted by atomic mass is 35.5. The average Bonchev–Trinajstić information content (AvgIpc) is 2.02. The van der Waals surface area contributed by atoms with Crippen molar-refractivity contribution in [2.24, 2.45) is 0 Å². The van der Waals surface area contributed by atoms with Gasteiger partial charge in [-0.2, -0.15) is 0 Å². The van der Waals surface area contributed by atoms with Crippen LogP contribution in [-0.4, -0.2) is 26.6 Å². The number of hydrogen-bond acceptors (Lipinski definition) is 4. The molecule has 76 valence electrons. The van der Waals surface area contributed by atoms with Gasteiger partial charge in [-0.25, -0.2) is 14.8 Å². The van der Waals surface area contributed by atoms with Gasteiger partial charge in [-0.1, -0.05) is 11.6 Å². The Morgan fingerprint density at radius 1 is 1.57 bits per heavy atom. The number of hydrogen-bond donors (Lipinski definition) is 1. The second-order valence-corrected chi connectivity index (χ2v) is 3.48. The molecule has 14 heavy (non-hydrogen) atoms. The van der Waals surface area contributed by atoms with Crippen molar-refractivity contribution in [3.05, 3.63) is 17.5 Å². The lowest BCUT2D eigenvalue weighted by molar-refractivity contribution is -0.152. The quantitative estimate of drug-likeness (QED) is 0.773. The Kier molecular flexibility index (Phi) is 2.90. The highest BCUT2D eigenvalue weighted by molar-refractivity contribution is 6.29. The van der Waals surface area contributed by atoms with Crippen molar-refractivity contribution in [1.82, 2.24) is 9.97 Å². The molecule has 1 aromatic rings. The van der Waals surface area contributed by atoms with E-state index in [9.17, 15) is 4.79 Å². The van der Waals surface area contributed by atoms with Crippen LogP contribution in [0.5, 0.6) is 5.88 Å². The summed E-state index contributed by atoms with van der Waals surface area (Å²) < 4.78 is 5.11. The highest BCUT2D eigenvalue weighted by Crippen LogP contribution is 2.17. The van der Waals surface area contributed by atoms with Gasteiger partial charge in [0.15, 0.2) is 0 Å². The maximum atomic E-state index is 10.7. The lowest BCUT2D eigenvalue weighted by atomic mass is 10.1. The molecule has 0 amide bonds. The molecule has 0 aromatic carbocycles. The van der Waals surface area contributed by atoms with E-state index >= 15 is 0 Å². The first-order valence-corrected chi connectivity index (χ1v) is 4.19. The van der Waals surface area contributed by atoms with E-state index in [1.807, 2.05) is 0 Å². The molecular formula is C8H9ClN2O3. The zero-order valence-corrected chi connectivity index (χ0v) is 8.45. The molecule has 1 heterocycles. The fourth-order valence-corrected chi connectivity index (χ4v) is 0.815. The van der Waals surface area contributed by atoms with Crippen molar-refractivity contribution in [1.29, 1.82) is 0 Å². The van der Waals surface area contributed by atoms with E-state index in [4.69, 9.17) is 21.4 Å². The summed E-state index contributed by atoms with van der Waals surface area (Å²) in [7, 11) is 0. The van der Waals surface area contributed by atoms with E-state index in [0.29, 0.717) is 0 Å². The fourth-order valence-electron chi connectivity index (χ4n) is 0.678. The van der Waals surface area contributed by atoms with Gasteiger partial charge in [-0.15, -0.1) is 0 Å². The fraction of sp³-hybridized carbons (Fsp3) is 0.375. The smallest absolute Gasteiger partial charge is 0.347 e. The van der Waals surface area contributed by atoms with Gasteiger partial charge in [0.2, 0.25) is 11.5 Å². The minimum Gasteiger partial charge on any atom is -0.478 e. The molecule has 1 rings (SSSR count). The topological polar surface area (TPSA) is 72.3 Å². The number of carbonyl (C=O) groups is 1. The van der Waals surface area contributed by atoms with Crippen LogP contribution in [0.4, 0.5) is 0 Å². The summed E-state index contributed by atoms with van der Waals surface area (Å²) in [5.41, 5.74) is -1.34. The van der Waals surface area contributed by atoms with Crippen molar-refractivity contribution in [2.45, 2.75) is 19.4 Å². The molecule has 0 radical (unpaired) electrons. The third-order valence-corrected chi connectivity index (χ3v) is 1.69. The van der Waals surface area contributed by atoms with E-state index in [1.54, 1.807) is 0 Å². The predicted octanol–water partition coefficient (Wildman–Crippen LogP) is 1.37. The van der Waals surface area contributed by atoms with E-state index in [0.717, 1.165) is 0 Å². The molecule has 1 aromatic heterocycles. The molecule has 1 N–H and O–H groups in total. The van der Waals surface area contributed by atoms with Crippen LogP contribution >= 0.6 is 11.6 Å². The third-order valence-electron chi connectivity index (χ3n) is 1.48. The first-order valence-electron chi connectivity index (χ1n) is 3.82. The second-order valence-electron chi connectivity index (χ2n) is 3.10. The summed E-state index contributed by atoms with van der Waals surface area (Å²) >= 11 is 5.57. The molecule has 5 nitrogen and oxygen atoms in total. The third kappa shape index (κ3) is 2.56. The summed E-state index contributed by atoms with van der Waals surface area (Å²) in [5, 5.41) is 8.98. The number of nitrogens with zero attached hydrogens (tertiary/aromatic N) is 2. The van der Waals surface area contributed by atoms with Crippen molar-refractivity contribution in [3.63, 3.8) is 0 Å². The van der Waals surface area contributed by atoms with Gasteiger partial charge >= 0.3 is 5.97 Å². The van der Waals surface area contributed by atoms with E-state index in [2.05, 4.69) is 9.97 Å². The second kappa shape index (κ2) is 3.79. The molecular weight excluding hydrogens is 208 g/mol. The molecule has 0 fully saturated rings. The van der Waals surface area contributed by atoms with E-state index < -0.39 is 11.6 Å². The van der Waals surface area contributed by atoms with Crippen molar-refractivity contribution in [2.75, 3.05) is 0 Å². The van der Waals surface area contributed by atoms with Crippen molar-refractivity contribution >= 4 is 17.6 Å². The van der Waals surface area contributed by atoms with Crippen LogP contribution < -0.4 is 4.74 Å². The molecule has 0 aliphatic heterocycles. The summed E-state index contributed by atoms with van der Waals surface area (Å²) in [5.74, 6) is -0.940.